The van der Waals surface area contributed by atoms with Crippen LogP contribution in [0, 0.1) is 13.8 Å². The molecule has 200 valence electrons. The fourth-order valence-corrected chi connectivity index (χ4v) is 4.89. The predicted octanol–water partition coefficient (Wildman–Crippen LogP) is 5.07. The summed E-state index contributed by atoms with van der Waals surface area (Å²) in [7, 11) is 0. The van der Waals surface area contributed by atoms with E-state index in [4.69, 9.17) is 0 Å². The van der Waals surface area contributed by atoms with Gasteiger partial charge in [-0.25, -0.2) is 4.79 Å². The smallest absolute Gasteiger partial charge is 0.352 e. The number of carboxylic acid groups (broad SMARTS) is 1. The van der Waals surface area contributed by atoms with Crippen LogP contribution in [-0.4, -0.2) is 38.3 Å². The number of H-pyrrole nitrogens is 1. The number of aromatic amines is 1. The number of hydrogen-bond donors (Lipinski definition) is 4. The lowest BCUT2D eigenvalue weighted by molar-refractivity contribution is -0.132. The molecule has 0 saturated heterocycles. The molecular weight excluding hydrogens is 506 g/mol. The molecule has 0 aliphatic carbocycles. The maximum absolute atomic E-state index is 13.2. The number of fused-ring (bicyclic) bond motifs is 2. The first-order valence-electron chi connectivity index (χ1n) is 12.7. The van der Waals surface area contributed by atoms with Crippen molar-refractivity contribution < 1.29 is 19.5 Å². The number of carbonyl (C=O) groups is 3. The van der Waals surface area contributed by atoms with Crippen molar-refractivity contribution in [2.45, 2.75) is 26.8 Å². The Hall–Kier alpha value is -5.31. The van der Waals surface area contributed by atoms with Gasteiger partial charge in [0.25, 0.3) is 11.8 Å². The highest BCUT2D eigenvalue weighted by molar-refractivity contribution is 6.05. The molecule has 5 rings (SSSR count). The van der Waals surface area contributed by atoms with E-state index < -0.39 is 11.9 Å². The predicted molar refractivity (Wildman–Crippen MR) is 153 cm³/mol. The minimum Gasteiger partial charge on any atom is -0.477 e. The third-order valence-electron chi connectivity index (χ3n) is 6.79. The van der Waals surface area contributed by atoms with Gasteiger partial charge in [0.05, 0.1) is 6.04 Å². The maximum Gasteiger partial charge on any atom is 0.352 e. The maximum atomic E-state index is 13.2. The number of benzene rings is 4. The van der Waals surface area contributed by atoms with Crippen molar-refractivity contribution in [2.75, 3.05) is 0 Å². The highest BCUT2D eigenvalue weighted by atomic mass is 16.4. The van der Waals surface area contributed by atoms with E-state index in [-0.39, 0.29) is 17.6 Å². The number of nitrogens with zero attached hydrogens (tertiary/aromatic N) is 2. The summed E-state index contributed by atoms with van der Waals surface area (Å²) in [6.45, 7) is 5.37. The molecule has 0 aliphatic heterocycles. The van der Waals surface area contributed by atoms with Crippen LogP contribution in [0.1, 0.15) is 55.9 Å². The molecule has 0 bridgehead atoms. The first kappa shape index (κ1) is 26.3. The van der Waals surface area contributed by atoms with Crippen molar-refractivity contribution in [1.29, 1.82) is 0 Å². The molecule has 0 unspecified atom stereocenters. The zero-order valence-electron chi connectivity index (χ0n) is 22.1. The lowest BCUT2D eigenvalue weighted by Gasteiger charge is -2.18. The van der Waals surface area contributed by atoms with E-state index in [0.29, 0.717) is 38.9 Å². The van der Waals surface area contributed by atoms with Crippen molar-refractivity contribution in [1.82, 2.24) is 26.0 Å². The second-order valence-corrected chi connectivity index (χ2v) is 9.64. The van der Waals surface area contributed by atoms with Crippen LogP contribution in [0.25, 0.3) is 27.9 Å². The molecule has 0 aliphatic rings. The van der Waals surface area contributed by atoms with E-state index >= 15 is 0 Å². The number of hydrogen-bond acceptors (Lipinski definition) is 5. The van der Waals surface area contributed by atoms with Crippen molar-refractivity contribution >= 4 is 45.7 Å². The van der Waals surface area contributed by atoms with E-state index in [2.05, 4.69) is 26.0 Å². The van der Waals surface area contributed by atoms with Gasteiger partial charge < -0.3 is 15.7 Å². The highest BCUT2D eigenvalue weighted by Crippen LogP contribution is 2.25. The van der Waals surface area contributed by atoms with Crippen molar-refractivity contribution in [3.05, 3.63) is 112 Å². The van der Waals surface area contributed by atoms with E-state index in [1.807, 2.05) is 49.4 Å². The quantitative estimate of drug-likeness (QED) is 0.216. The molecule has 2 amide bonds. The number of aromatic nitrogens is 3. The fourth-order valence-electron chi connectivity index (χ4n) is 4.89. The minimum absolute atomic E-state index is 0.248. The van der Waals surface area contributed by atoms with Crippen molar-refractivity contribution in [3.63, 3.8) is 0 Å². The van der Waals surface area contributed by atoms with E-state index in [1.165, 1.54) is 6.08 Å². The Bertz CT molecular complexity index is 1790. The summed E-state index contributed by atoms with van der Waals surface area (Å²) in [6.07, 6.45) is 1.36. The molecule has 1 atom stereocenters. The van der Waals surface area contributed by atoms with Gasteiger partial charge >= 0.3 is 5.97 Å². The summed E-state index contributed by atoms with van der Waals surface area (Å²) in [6, 6.07) is 22.1. The van der Waals surface area contributed by atoms with Crippen LogP contribution < -0.4 is 10.6 Å². The topological polar surface area (TPSA) is 137 Å². The van der Waals surface area contributed by atoms with Gasteiger partial charge in [0.1, 0.15) is 16.7 Å². The van der Waals surface area contributed by atoms with Crippen LogP contribution in [-0.2, 0) is 4.79 Å². The number of amides is 2. The Morgan fingerprint density at radius 1 is 0.875 bits per heavy atom. The summed E-state index contributed by atoms with van der Waals surface area (Å²) in [5.41, 5.74) is 4.28. The minimum atomic E-state index is -1.29. The number of nitrogens with one attached hydrogen (secondary N) is 3. The number of aliphatic carboxylic acids is 1. The molecule has 1 heterocycles. The molecule has 4 N–H and O–H groups in total. The third kappa shape index (κ3) is 5.30. The average molecular weight is 534 g/mol. The second-order valence-electron chi connectivity index (χ2n) is 9.64. The van der Waals surface area contributed by atoms with Crippen LogP contribution in [0.3, 0.4) is 0 Å². The van der Waals surface area contributed by atoms with Gasteiger partial charge in [-0.05, 0) is 84.1 Å². The first-order chi connectivity index (χ1) is 19.2. The van der Waals surface area contributed by atoms with Crippen LogP contribution in [0.4, 0.5) is 0 Å². The summed E-state index contributed by atoms with van der Waals surface area (Å²) >= 11 is 0. The van der Waals surface area contributed by atoms with Crippen LogP contribution >= 0.6 is 0 Å². The molecule has 0 saturated carbocycles. The molecule has 5 aromatic rings. The number of aryl methyl sites for hydroxylation is 2. The fraction of sp³-hybridized carbons (Fsp3) is 0.129. The van der Waals surface area contributed by atoms with Crippen LogP contribution in [0.2, 0.25) is 0 Å². The molecule has 1 aromatic heterocycles. The summed E-state index contributed by atoms with van der Waals surface area (Å²) in [4.78, 5) is 38.3. The molecule has 0 fully saturated rings. The summed E-state index contributed by atoms with van der Waals surface area (Å²) < 4.78 is 0. The Labute approximate surface area is 229 Å². The molecule has 9 nitrogen and oxygen atoms in total. The Kier molecular flexibility index (Phi) is 7.11. The van der Waals surface area contributed by atoms with Gasteiger partial charge in [-0.1, -0.05) is 48.5 Å². The van der Waals surface area contributed by atoms with Gasteiger partial charge in [-0.15, -0.1) is 0 Å². The monoisotopic (exact) mass is 533 g/mol. The van der Waals surface area contributed by atoms with Gasteiger partial charge in [0.15, 0.2) is 0 Å². The number of rotatable bonds is 7. The van der Waals surface area contributed by atoms with Crippen LogP contribution in [0.5, 0.6) is 0 Å². The molecule has 4 aromatic carbocycles. The van der Waals surface area contributed by atoms with Crippen molar-refractivity contribution in [2.24, 2.45) is 0 Å². The standard InChI is InChI=1S/C31H27N5O4/c1-17-13-22(29(37)32-19(3)23-10-6-8-21-7-4-5-9-24(21)23)14-18(2)28(17)30(38)33-27(31(39)40)16-20-11-12-25-26(15-20)35-36-34-25/h4-16,19H,1-3H3,(H,32,37)(H,33,38)(H,39,40)(H,34,35,36)/t19-/m1/s1. The normalized spacial score (nSPS) is 12.3. The molecule has 0 radical (unpaired) electrons. The molecule has 9 heteroatoms. The molecular formula is C31H27N5O4. The van der Waals surface area contributed by atoms with Gasteiger partial charge in [0, 0.05) is 11.1 Å². The third-order valence-corrected chi connectivity index (χ3v) is 6.79. The number of carboxylic acids is 1. The molecule has 40 heavy (non-hydrogen) atoms. The molecule has 0 spiro atoms. The van der Waals surface area contributed by atoms with Gasteiger partial charge in [0.2, 0.25) is 0 Å². The Morgan fingerprint density at radius 2 is 1.57 bits per heavy atom. The Balaban J connectivity index is 1.35. The largest absolute Gasteiger partial charge is 0.477 e. The first-order valence-corrected chi connectivity index (χ1v) is 12.7. The zero-order chi connectivity index (χ0) is 28.4. The van der Waals surface area contributed by atoms with E-state index in [0.717, 1.165) is 16.3 Å². The van der Waals surface area contributed by atoms with E-state index in [9.17, 15) is 19.5 Å². The summed E-state index contributed by atoms with van der Waals surface area (Å²) in [5, 5.41) is 27.9. The average Bonchev–Trinajstić information content (AvgIpc) is 3.40. The van der Waals surface area contributed by atoms with Gasteiger partial charge in [-0.3, -0.25) is 9.59 Å². The second kappa shape index (κ2) is 10.8. The Morgan fingerprint density at radius 3 is 2.33 bits per heavy atom. The van der Waals surface area contributed by atoms with Crippen LogP contribution in [0.15, 0.2) is 78.5 Å². The van der Waals surface area contributed by atoms with Gasteiger partial charge in [-0.2, -0.15) is 15.4 Å². The zero-order valence-corrected chi connectivity index (χ0v) is 22.1. The highest BCUT2D eigenvalue weighted by Gasteiger charge is 2.20. The lowest BCUT2D eigenvalue weighted by Crippen LogP contribution is -2.29. The SMILES string of the molecule is Cc1cc(C(=O)N[C@H](C)c2cccc3ccccc23)cc(C)c1C(=O)NC(=Cc1ccc2n[nH]nc2c1)C(=O)O. The van der Waals surface area contributed by atoms with E-state index in [1.54, 1.807) is 44.2 Å². The number of carbonyl (C=O) groups excluding carboxylic acids is 2. The lowest BCUT2D eigenvalue weighted by atomic mass is 9.97. The summed E-state index contributed by atoms with van der Waals surface area (Å²) in [5.74, 6) is -2.14. The van der Waals surface area contributed by atoms with Crippen molar-refractivity contribution in [3.8, 4) is 0 Å².